The normalized spacial score (nSPS) is 12.3. The first kappa shape index (κ1) is 26.2. The predicted molar refractivity (Wildman–Crippen MR) is 152 cm³/mol. The molecule has 0 aliphatic carbocycles. The molecule has 2 heterocycles. The predicted octanol–water partition coefficient (Wildman–Crippen LogP) is 5.56. The molecule has 2 N–H and O–H groups in total. The van der Waals surface area contributed by atoms with E-state index in [1.807, 2.05) is 48.5 Å². The van der Waals surface area contributed by atoms with Crippen LogP contribution in [0.1, 0.15) is 33.3 Å². The van der Waals surface area contributed by atoms with Crippen molar-refractivity contribution >= 4 is 17.3 Å². The van der Waals surface area contributed by atoms with Crippen molar-refractivity contribution in [2.45, 2.75) is 34.1 Å². The number of hydrogen-bond acceptors (Lipinski definition) is 7. The van der Waals surface area contributed by atoms with Crippen LogP contribution >= 0.6 is 0 Å². The van der Waals surface area contributed by atoms with Crippen LogP contribution in [0.25, 0.3) is 22.5 Å². The van der Waals surface area contributed by atoms with Crippen molar-refractivity contribution in [1.29, 1.82) is 0 Å². The zero-order valence-electron chi connectivity index (χ0n) is 22.8. The van der Waals surface area contributed by atoms with Crippen molar-refractivity contribution in [3.63, 3.8) is 0 Å². The largest absolute Gasteiger partial charge is 0.454 e. The summed E-state index contributed by atoms with van der Waals surface area (Å²) in [4.78, 5) is 15.7. The first-order chi connectivity index (χ1) is 18.9. The molecule has 1 aromatic heterocycles. The maximum atomic E-state index is 13.4. The average molecular weight is 527 g/mol. The highest BCUT2D eigenvalue weighted by atomic mass is 16.7. The minimum atomic E-state index is -0.104. The first-order valence-corrected chi connectivity index (χ1v) is 13.3. The Kier molecular flexibility index (Phi) is 7.76. The van der Waals surface area contributed by atoms with E-state index in [1.54, 1.807) is 0 Å². The van der Waals surface area contributed by atoms with Crippen LogP contribution in [-0.2, 0) is 11.2 Å². The summed E-state index contributed by atoms with van der Waals surface area (Å²) < 4.78 is 10.9. The molecule has 0 saturated heterocycles. The molecule has 202 valence electrons. The van der Waals surface area contributed by atoms with Gasteiger partial charge in [-0.15, -0.1) is 10.2 Å². The summed E-state index contributed by atoms with van der Waals surface area (Å²) in [5, 5.41) is 17.8. The molecule has 0 fully saturated rings. The molecule has 0 saturated carbocycles. The molecule has 0 bridgehead atoms. The molecule has 1 aliphatic rings. The van der Waals surface area contributed by atoms with Crippen LogP contribution in [0.3, 0.4) is 0 Å². The van der Waals surface area contributed by atoms with E-state index < -0.39 is 0 Å². The number of aromatic nitrogens is 4. The topological polar surface area (TPSA) is 105 Å². The number of amides is 1. The molecule has 1 amide bonds. The Hall–Kier alpha value is -4.40. The van der Waals surface area contributed by atoms with Gasteiger partial charge in [-0.2, -0.15) is 5.21 Å². The highest BCUT2D eigenvalue weighted by molar-refractivity contribution is 5.97. The zero-order valence-corrected chi connectivity index (χ0v) is 22.8. The Bertz CT molecular complexity index is 1420. The summed E-state index contributed by atoms with van der Waals surface area (Å²) in [6, 6.07) is 19.8. The minimum Gasteiger partial charge on any atom is -0.454 e. The van der Waals surface area contributed by atoms with Crippen LogP contribution in [0.15, 0.2) is 60.7 Å². The fourth-order valence-electron chi connectivity index (χ4n) is 4.87. The van der Waals surface area contributed by atoms with Gasteiger partial charge in [0.15, 0.2) is 11.5 Å². The molecule has 4 aromatic rings. The Labute approximate surface area is 228 Å². The fraction of sp³-hybridized carbons (Fsp3) is 0.333. The van der Waals surface area contributed by atoms with Crippen LogP contribution in [0.5, 0.6) is 11.5 Å². The first-order valence-electron chi connectivity index (χ1n) is 13.3. The lowest BCUT2D eigenvalue weighted by Gasteiger charge is -2.31. The quantitative estimate of drug-likeness (QED) is 0.279. The monoisotopic (exact) mass is 526 g/mol. The highest BCUT2D eigenvalue weighted by Gasteiger charge is 2.20. The molecule has 0 atom stereocenters. The fourth-order valence-corrected chi connectivity index (χ4v) is 4.87. The number of nitrogens with one attached hydrogen (secondary N) is 2. The molecule has 39 heavy (non-hydrogen) atoms. The van der Waals surface area contributed by atoms with Crippen LogP contribution in [0, 0.1) is 11.8 Å². The smallest absolute Gasteiger partial charge is 0.231 e. The molecule has 0 radical (unpaired) electrons. The molecule has 5 rings (SSSR count). The van der Waals surface area contributed by atoms with Crippen LogP contribution in [0.2, 0.25) is 0 Å². The molecule has 1 aliphatic heterocycles. The number of hydrogen-bond donors (Lipinski definition) is 2. The molecule has 0 spiro atoms. The van der Waals surface area contributed by atoms with Gasteiger partial charge in [0.2, 0.25) is 18.5 Å². The number of nitrogens with zero attached hydrogens (tertiary/aromatic N) is 4. The second-order valence-corrected chi connectivity index (χ2v) is 10.6. The molecule has 3 aromatic carbocycles. The number of tetrazole rings is 1. The number of ether oxygens (including phenoxy) is 2. The summed E-state index contributed by atoms with van der Waals surface area (Å²) in [5.74, 6) is 2.70. The molecule has 9 nitrogen and oxygen atoms in total. The average Bonchev–Trinajstić information content (AvgIpc) is 3.60. The minimum absolute atomic E-state index is 0.104. The maximum absolute atomic E-state index is 13.4. The van der Waals surface area contributed by atoms with E-state index in [-0.39, 0.29) is 19.1 Å². The second-order valence-electron chi connectivity index (χ2n) is 10.6. The number of carbonyl (C=O) groups excluding carboxylic acids is 1. The van der Waals surface area contributed by atoms with Gasteiger partial charge in [0.25, 0.3) is 0 Å². The van der Waals surface area contributed by atoms with E-state index in [4.69, 9.17) is 9.47 Å². The van der Waals surface area contributed by atoms with Gasteiger partial charge in [-0.05, 0) is 58.0 Å². The van der Waals surface area contributed by atoms with Crippen molar-refractivity contribution in [1.82, 2.24) is 20.6 Å². The number of anilines is 2. The van der Waals surface area contributed by atoms with E-state index in [0.717, 1.165) is 46.7 Å². The summed E-state index contributed by atoms with van der Waals surface area (Å²) in [6.45, 7) is 10.8. The van der Waals surface area contributed by atoms with Gasteiger partial charge in [-0.25, -0.2) is 0 Å². The summed E-state index contributed by atoms with van der Waals surface area (Å²) in [6.07, 6.45) is 0.216. The van der Waals surface area contributed by atoms with E-state index >= 15 is 0 Å². The van der Waals surface area contributed by atoms with Gasteiger partial charge in [0, 0.05) is 18.7 Å². The summed E-state index contributed by atoms with van der Waals surface area (Å²) >= 11 is 0. The van der Waals surface area contributed by atoms with E-state index in [1.165, 1.54) is 0 Å². The van der Waals surface area contributed by atoms with Crippen LogP contribution in [0.4, 0.5) is 11.4 Å². The Morgan fingerprint density at radius 3 is 2.41 bits per heavy atom. The molecule has 0 unspecified atom stereocenters. The van der Waals surface area contributed by atoms with E-state index in [0.29, 0.717) is 29.2 Å². The van der Waals surface area contributed by atoms with Gasteiger partial charge < -0.3 is 19.7 Å². The van der Waals surface area contributed by atoms with Crippen molar-refractivity contribution in [3.8, 4) is 34.0 Å². The number of aromatic amines is 1. The SMILES string of the molecule is CC(C)CN(CC(C)C)c1ccc(-c2ccccc2-c2nn[nH]n2)cc1NC(=O)Cc1ccc2c(c1)OCO2. The Morgan fingerprint density at radius 1 is 0.949 bits per heavy atom. The third-order valence-electron chi connectivity index (χ3n) is 6.41. The second kappa shape index (κ2) is 11.6. The van der Waals surface area contributed by atoms with Crippen LogP contribution < -0.4 is 19.7 Å². The third kappa shape index (κ3) is 6.19. The van der Waals surface area contributed by atoms with Crippen molar-refractivity contribution < 1.29 is 14.3 Å². The molecule has 9 heteroatoms. The molecular weight excluding hydrogens is 492 g/mol. The van der Waals surface area contributed by atoms with Crippen LogP contribution in [-0.4, -0.2) is 46.4 Å². The summed E-state index contributed by atoms with van der Waals surface area (Å²) in [5.41, 5.74) is 5.39. The summed E-state index contributed by atoms with van der Waals surface area (Å²) in [7, 11) is 0. The van der Waals surface area contributed by atoms with Gasteiger partial charge in [-0.3, -0.25) is 4.79 Å². The number of carbonyl (C=O) groups is 1. The standard InChI is InChI=1S/C30H34N6O3/c1-19(2)16-36(17-20(3)4)26-11-10-22(23-7-5-6-8-24(23)30-32-34-35-33-30)15-25(26)31-29(37)14-21-9-12-27-28(13-21)39-18-38-27/h5-13,15,19-20H,14,16-18H2,1-4H3,(H,31,37)(H,32,33,34,35). The lowest BCUT2D eigenvalue weighted by molar-refractivity contribution is -0.115. The lowest BCUT2D eigenvalue weighted by atomic mass is 9.97. The Morgan fingerprint density at radius 2 is 1.69 bits per heavy atom. The number of rotatable bonds is 10. The number of H-pyrrole nitrogens is 1. The van der Waals surface area contributed by atoms with Gasteiger partial charge in [0.05, 0.1) is 17.8 Å². The number of benzene rings is 3. The Balaban J connectivity index is 1.50. The zero-order chi connectivity index (χ0) is 27.4. The molecular formula is C30H34N6O3. The lowest BCUT2D eigenvalue weighted by Crippen LogP contribution is -2.32. The number of fused-ring (bicyclic) bond motifs is 1. The van der Waals surface area contributed by atoms with E-state index in [2.05, 4.69) is 70.7 Å². The van der Waals surface area contributed by atoms with Gasteiger partial charge >= 0.3 is 0 Å². The maximum Gasteiger partial charge on any atom is 0.231 e. The van der Waals surface area contributed by atoms with Crippen molar-refractivity contribution in [2.24, 2.45) is 11.8 Å². The van der Waals surface area contributed by atoms with Crippen molar-refractivity contribution in [3.05, 3.63) is 66.2 Å². The van der Waals surface area contributed by atoms with E-state index in [9.17, 15) is 4.79 Å². The van der Waals surface area contributed by atoms with Gasteiger partial charge in [0.1, 0.15) is 0 Å². The van der Waals surface area contributed by atoms with Crippen molar-refractivity contribution in [2.75, 3.05) is 30.1 Å². The van der Waals surface area contributed by atoms with Gasteiger partial charge in [-0.1, -0.05) is 64.1 Å². The highest BCUT2D eigenvalue weighted by Crippen LogP contribution is 2.37. The third-order valence-corrected chi connectivity index (χ3v) is 6.41.